The highest BCUT2D eigenvalue weighted by atomic mass is 35.5. The van der Waals surface area contributed by atoms with Gasteiger partial charge in [0.2, 0.25) is 5.91 Å². The molecule has 9 nitrogen and oxygen atoms in total. The van der Waals surface area contributed by atoms with Crippen LogP contribution in [0.15, 0.2) is 47.6 Å². The smallest absolute Gasteiger partial charge is 0.262 e. The fraction of sp³-hybridized carbons (Fsp3) is 0.424. The molecule has 5 rings (SSSR count). The van der Waals surface area contributed by atoms with E-state index in [1.165, 1.54) is 4.90 Å². The van der Waals surface area contributed by atoms with E-state index in [0.29, 0.717) is 30.7 Å². The monoisotopic (exact) mass is 850 g/mol. The first-order valence-electron chi connectivity index (χ1n) is 15.7. The molecule has 3 aromatic rings. The van der Waals surface area contributed by atoms with Crippen molar-refractivity contribution in [2.24, 2.45) is 5.92 Å². The molecule has 2 aromatic carbocycles. The van der Waals surface area contributed by atoms with Crippen LogP contribution >= 0.6 is 23.2 Å². The molecule has 2 fully saturated rings. The standard InChI is InChI=1S/C21H18ClF4N3O4S.C12H14ClF4NOS/c1-34(32,33)11-2-10(7-27-8-11)21(31)29-16-3-9(16)4-17(29)20(30)28-18(19(25)26)12-5-15(24)13(22)6-14(12)23;1-12(2,3)20(19)18-10(11(16)17)6-4-9(15)7(13)5-8(6)14/h2,5-9,16-19H,3-4H2,1H3,(H,28,30);4-5,10-11,18H,1-3H3/t9-,16-,17-,18+;10-,20+/m10/s1. The van der Waals surface area contributed by atoms with Crippen LogP contribution in [0.2, 0.25) is 10.0 Å². The largest absolute Gasteiger partial charge is 0.342 e. The molecule has 0 spiro atoms. The van der Waals surface area contributed by atoms with E-state index in [1.807, 2.05) is 5.32 Å². The third-order valence-electron chi connectivity index (χ3n) is 8.37. The average Bonchev–Trinajstić information content (AvgIpc) is 3.73. The van der Waals surface area contributed by atoms with Gasteiger partial charge in [-0.1, -0.05) is 23.2 Å². The lowest BCUT2D eigenvalue weighted by Gasteiger charge is -2.29. The van der Waals surface area contributed by atoms with E-state index in [2.05, 4.69) is 9.71 Å². The number of aromatic nitrogens is 1. The summed E-state index contributed by atoms with van der Waals surface area (Å²) in [6.07, 6.45) is -2.38. The van der Waals surface area contributed by atoms with Crippen molar-refractivity contribution in [3.8, 4) is 0 Å². The fourth-order valence-corrected chi connectivity index (χ4v) is 7.20. The van der Waals surface area contributed by atoms with Gasteiger partial charge in [0, 0.05) is 35.8 Å². The van der Waals surface area contributed by atoms with Crippen LogP contribution in [-0.4, -0.2) is 70.3 Å². The molecule has 2 aliphatic rings. The highest BCUT2D eigenvalue weighted by Gasteiger charge is 2.56. The van der Waals surface area contributed by atoms with Gasteiger partial charge in [0.15, 0.2) is 9.84 Å². The van der Waals surface area contributed by atoms with Crippen molar-refractivity contribution < 1.29 is 57.3 Å². The molecule has 296 valence electrons. The van der Waals surface area contributed by atoms with Crippen LogP contribution in [0.3, 0.4) is 0 Å². The number of carbonyl (C=O) groups is 2. The molecule has 2 N–H and O–H groups in total. The predicted molar refractivity (Wildman–Crippen MR) is 183 cm³/mol. The second-order valence-electron chi connectivity index (χ2n) is 13.4. The fourth-order valence-electron chi connectivity index (χ4n) is 5.49. The lowest BCUT2D eigenvalue weighted by atomic mass is 10.0. The quantitative estimate of drug-likeness (QED) is 0.166. The van der Waals surface area contributed by atoms with Crippen LogP contribution in [0.4, 0.5) is 35.1 Å². The number of likely N-dealkylation sites (tertiary alicyclic amines) is 1. The first-order valence-corrected chi connectivity index (χ1v) is 19.5. The van der Waals surface area contributed by atoms with Crippen molar-refractivity contribution in [1.29, 1.82) is 0 Å². The number of nitrogens with one attached hydrogen (secondary N) is 2. The predicted octanol–water partition coefficient (Wildman–Crippen LogP) is 7.12. The van der Waals surface area contributed by atoms with Gasteiger partial charge in [-0.15, -0.1) is 0 Å². The number of piperidine rings is 1. The van der Waals surface area contributed by atoms with Gasteiger partial charge in [-0.25, -0.2) is 52.5 Å². The number of fused-ring (bicyclic) bond motifs is 1. The van der Waals surface area contributed by atoms with Gasteiger partial charge in [0.1, 0.15) is 41.4 Å². The zero-order valence-electron chi connectivity index (χ0n) is 28.5. The van der Waals surface area contributed by atoms with Crippen LogP contribution in [0.1, 0.15) is 67.2 Å². The lowest BCUT2D eigenvalue weighted by molar-refractivity contribution is -0.127. The van der Waals surface area contributed by atoms with Gasteiger partial charge in [-0.2, -0.15) is 0 Å². The van der Waals surface area contributed by atoms with E-state index < -0.39 is 113 Å². The van der Waals surface area contributed by atoms with Crippen molar-refractivity contribution in [1.82, 2.24) is 19.9 Å². The second-order valence-corrected chi connectivity index (χ2v) is 18.2. The van der Waals surface area contributed by atoms with Crippen molar-refractivity contribution in [2.45, 2.75) is 80.3 Å². The molecule has 1 aliphatic carbocycles. The van der Waals surface area contributed by atoms with Crippen LogP contribution in [0, 0.1) is 29.2 Å². The zero-order chi connectivity index (χ0) is 40.6. The maximum atomic E-state index is 14.2. The Bertz CT molecular complexity index is 2060. The Morgan fingerprint density at radius 3 is 1.85 bits per heavy atom. The number of nitrogens with zero attached hydrogens (tertiary/aromatic N) is 2. The summed E-state index contributed by atoms with van der Waals surface area (Å²) in [4.78, 5) is 30.9. The molecule has 54 heavy (non-hydrogen) atoms. The summed E-state index contributed by atoms with van der Waals surface area (Å²) in [7, 11) is -5.51. The molecule has 1 aliphatic heterocycles. The normalized spacial score (nSPS) is 19.9. The van der Waals surface area contributed by atoms with Crippen molar-refractivity contribution in [2.75, 3.05) is 6.26 Å². The van der Waals surface area contributed by atoms with E-state index >= 15 is 0 Å². The van der Waals surface area contributed by atoms with Crippen LogP contribution in [-0.2, 0) is 25.6 Å². The number of alkyl halides is 4. The molecule has 21 heteroatoms. The number of carbonyl (C=O) groups excluding carboxylic acids is 2. The van der Waals surface area contributed by atoms with E-state index in [4.69, 9.17) is 23.2 Å². The van der Waals surface area contributed by atoms with Gasteiger partial charge in [0.25, 0.3) is 18.8 Å². The van der Waals surface area contributed by atoms with Gasteiger partial charge in [0.05, 0.1) is 36.2 Å². The highest BCUT2D eigenvalue weighted by molar-refractivity contribution is 7.90. The number of amides is 2. The minimum atomic E-state index is -3.65. The third-order valence-corrected chi connectivity index (χ3v) is 11.6. The average molecular weight is 852 g/mol. The molecular weight excluding hydrogens is 819 g/mol. The highest BCUT2D eigenvalue weighted by Crippen LogP contribution is 2.48. The Morgan fingerprint density at radius 1 is 0.852 bits per heavy atom. The molecule has 2 heterocycles. The molecule has 1 saturated carbocycles. The van der Waals surface area contributed by atoms with Gasteiger partial charge in [-0.3, -0.25) is 14.6 Å². The molecule has 0 radical (unpaired) electrons. The van der Waals surface area contributed by atoms with E-state index in [-0.39, 0.29) is 28.8 Å². The Labute approximate surface area is 317 Å². The molecule has 1 saturated heterocycles. The SMILES string of the molecule is CC(C)(C)[S@@](=O)N[C@@H](c1cc(F)c(Cl)cc1F)C(F)F.CS(=O)(=O)c1cncc(C(=O)N2[C@@H](C(=O)N[C@@H](c3cc(F)c(Cl)cc3F)C(F)F)C[C@H]3C[C@H]32)c1. The lowest BCUT2D eigenvalue weighted by Crippen LogP contribution is -2.49. The molecule has 0 bridgehead atoms. The van der Waals surface area contributed by atoms with Crippen LogP contribution in [0.25, 0.3) is 0 Å². The maximum absolute atomic E-state index is 14.2. The van der Waals surface area contributed by atoms with Crippen molar-refractivity contribution >= 4 is 55.8 Å². The van der Waals surface area contributed by atoms with Gasteiger partial charge in [-0.05, 0) is 69.9 Å². The zero-order valence-corrected chi connectivity index (χ0v) is 31.7. The van der Waals surface area contributed by atoms with E-state index in [0.717, 1.165) is 24.7 Å². The summed E-state index contributed by atoms with van der Waals surface area (Å²) in [6, 6.07) is -2.18. The Kier molecular flexibility index (Phi) is 13.5. The summed E-state index contributed by atoms with van der Waals surface area (Å²) in [5.41, 5.74) is -1.47. The molecular formula is C33H32Cl2F8N4O5S2. The first kappa shape index (κ1) is 43.3. The maximum Gasteiger partial charge on any atom is 0.262 e. The van der Waals surface area contributed by atoms with Crippen molar-refractivity contribution in [3.05, 3.63) is 92.7 Å². The Hall–Kier alpha value is -3.39. The van der Waals surface area contributed by atoms with Crippen LogP contribution < -0.4 is 10.0 Å². The minimum absolute atomic E-state index is 0.0273. The summed E-state index contributed by atoms with van der Waals surface area (Å²) in [5.74, 6) is -6.12. The number of benzene rings is 2. The number of rotatable bonds is 10. The van der Waals surface area contributed by atoms with E-state index in [1.54, 1.807) is 20.8 Å². The molecule has 2 amide bonds. The Balaban J connectivity index is 0.000000278. The molecule has 1 aromatic heterocycles. The number of sulfone groups is 1. The Morgan fingerprint density at radius 2 is 1.37 bits per heavy atom. The summed E-state index contributed by atoms with van der Waals surface area (Å²) < 4.78 is 145. The topological polar surface area (TPSA) is 126 Å². The van der Waals surface area contributed by atoms with Crippen LogP contribution in [0.5, 0.6) is 0 Å². The molecule has 0 unspecified atom stereocenters. The number of hydrogen-bond donors (Lipinski definition) is 2. The molecule has 6 atom stereocenters. The number of halogens is 10. The van der Waals surface area contributed by atoms with Gasteiger partial charge >= 0.3 is 0 Å². The number of pyridine rings is 1. The summed E-state index contributed by atoms with van der Waals surface area (Å²) in [5, 5.41) is 0.929. The first-order chi connectivity index (χ1) is 24.9. The summed E-state index contributed by atoms with van der Waals surface area (Å²) in [6.45, 7) is 4.70. The van der Waals surface area contributed by atoms with Crippen molar-refractivity contribution in [3.63, 3.8) is 0 Å². The second kappa shape index (κ2) is 16.8. The minimum Gasteiger partial charge on any atom is -0.342 e. The number of hydrogen-bond acceptors (Lipinski definition) is 6. The summed E-state index contributed by atoms with van der Waals surface area (Å²) >= 11 is 10.8. The third kappa shape index (κ3) is 10.1. The van der Waals surface area contributed by atoms with Gasteiger partial charge < -0.3 is 10.2 Å². The van der Waals surface area contributed by atoms with E-state index in [9.17, 15) is 57.3 Å².